The Morgan fingerprint density at radius 2 is 1.59 bits per heavy atom. The van der Waals surface area contributed by atoms with Crippen molar-refractivity contribution in [2.45, 2.75) is 45.4 Å². The molecule has 0 aliphatic heterocycles. The van der Waals surface area contributed by atoms with E-state index in [0.29, 0.717) is 45.9 Å². The van der Waals surface area contributed by atoms with Gasteiger partial charge in [-0.3, -0.25) is 9.59 Å². The predicted octanol–water partition coefficient (Wildman–Crippen LogP) is 6.68. The summed E-state index contributed by atoms with van der Waals surface area (Å²) in [6, 6.07) is 21.0. The molecule has 0 aliphatic carbocycles. The lowest BCUT2D eigenvalue weighted by Gasteiger charge is -2.23. The molecule has 1 heterocycles. The van der Waals surface area contributed by atoms with Gasteiger partial charge in [0, 0.05) is 30.6 Å². The van der Waals surface area contributed by atoms with Crippen LogP contribution in [-0.4, -0.2) is 61.3 Å². The number of unbranched alkanes of at least 4 members (excludes halogenated alkanes) is 2. The summed E-state index contributed by atoms with van der Waals surface area (Å²) in [5.41, 5.74) is 3.67. The van der Waals surface area contributed by atoms with Gasteiger partial charge in [-0.05, 0) is 66.8 Å². The van der Waals surface area contributed by atoms with E-state index in [0.717, 1.165) is 24.0 Å². The van der Waals surface area contributed by atoms with Crippen LogP contribution in [0.3, 0.4) is 0 Å². The maximum Gasteiger partial charge on any atom is 0.253 e. The summed E-state index contributed by atoms with van der Waals surface area (Å²) in [5.74, 6) is 1.63. The van der Waals surface area contributed by atoms with Gasteiger partial charge in [0.1, 0.15) is 10.8 Å². The van der Waals surface area contributed by atoms with Gasteiger partial charge in [-0.25, -0.2) is 0 Å². The molecule has 10 heteroatoms. The Morgan fingerprint density at radius 1 is 0.818 bits per heavy atom. The summed E-state index contributed by atoms with van der Waals surface area (Å²) >= 11 is 1.28. The third-order valence-electron chi connectivity index (χ3n) is 7.27. The normalized spacial score (nSPS) is 10.7. The van der Waals surface area contributed by atoms with Crippen molar-refractivity contribution in [3.63, 3.8) is 0 Å². The van der Waals surface area contributed by atoms with Crippen molar-refractivity contribution >= 4 is 28.3 Å². The third kappa shape index (κ3) is 9.03. The lowest BCUT2D eigenvalue weighted by Crippen LogP contribution is -2.35. The Balaban J connectivity index is 1.43. The summed E-state index contributed by atoms with van der Waals surface area (Å²) in [6.07, 6.45) is 5.18. The van der Waals surface area contributed by atoms with Gasteiger partial charge < -0.3 is 24.4 Å². The quantitative estimate of drug-likeness (QED) is 0.140. The number of nitrogens with one attached hydrogen (secondary N) is 1. The molecule has 1 aromatic heterocycles. The number of methoxy groups -OCH3 is 3. The van der Waals surface area contributed by atoms with Gasteiger partial charge in [0.15, 0.2) is 11.5 Å². The molecular weight excluding hydrogens is 576 g/mol. The fourth-order valence-corrected chi connectivity index (χ4v) is 5.51. The number of amides is 2. The Labute approximate surface area is 263 Å². The minimum absolute atomic E-state index is 0.112. The number of rotatable bonds is 16. The van der Waals surface area contributed by atoms with Gasteiger partial charge in [0.05, 0.1) is 21.3 Å². The van der Waals surface area contributed by atoms with Crippen molar-refractivity contribution in [1.29, 1.82) is 0 Å². The highest BCUT2D eigenvalue weighted by Crippen LogP contribution is 2.29. The molecule has 9 nitrogen and oxygen atoms in total. The van der Waals surface area contributed by atoms with E-state index in [1.54, 1.807) is 26.2 Å². The van der Waals surface area contributed by atoms with Crippen LogP contribution in [0.5, 0.6) is 17.2 Å². The topological polar surface area (TPSA) is 103 Å². The molecule has 232 valence electrons. The van der Waals surface area contributed by atoms with Crippen molar-refractivity contribution in [2.75, 3.05) is 39.7 Å². The number of aryl methyl sites for hydroxylation is 1. The maximum atomic E-state index is 13.7. The van der Waals surface area contributed by atoms with E-state index >= 15 is 0 Å². The molecule has 0 spiro atoms. The van der Waals surface area contributed by atoms with E-state index in [9.17, 15) is 9.59 Å². The summed E-state index contributed by atoms with van der Waals surface area (Å²) < 4.78 is 16.1. The molecular formula is C34H40N4O5S. The van der Waals surface area contributed by atoms with E-state index in [4.69, 9.17) is 14.2 Å². The first-order chi connectivity index (χ1) is 21.4. The molecule has 0 fully saturated rings. The van der Waals surface area contributed by atoms with Crippen LogP contribution >= 0.6 is 11.3 Å². The lowest BCUT2D eigenvalue weighted by atomic mass is 10.0. The minimum atomic E-state index is -0.242. The number of carbonyl (C=O) groups is 2. The fraction of sp³-hybridized carbons (Fsp3) is 0.353. The highest BCUT2D eigenvalue weighted by atomic mass is 32.1. The molecule has 0 unspecified atom stereocenters. The largest absolute Gasteiger partial charge is 0.497 e. The van der Waals surface area contributed by atoms with Gasteiger partial charge in [0.2, 0.25) is 11.0 Å². The molecule has 2 amide bonds. The molecule has 0 aliphatic rings. The monoisotopic (exact) mass is 616 g/mol. The third-order valence-corrected chi connectivity index (χ3v) is 8.16. The van der Waals surface area contributed by atoms with Gasteiger partial charge in [-0.2, -0.15) is 0 Å². The Hall–Kier alpha value is -4.44. The Bertz CT molecular complexity index is 1520. The Morgan fingerprint density at radius 3 is 2.32 bits per heavy atom. The second-order valence-electron chi connectivity index (χ2n) is 10.3. The molecule has 4 aromatic rings. The van der Waals surface area contributed by atoms with Gasteiger partial charge in [0.25, 0.3) is 5.91 Å². The summed E-state index contributed by atoms with van der Waals surface area (Å²) in [5, 5.41) is 12.2. The van der Waals surface area contributed by atoms with Crippen LogP contribution in [0.15, 0.2) is 66.7 Å². The van der Waals surface area contributed by atoms with E-state index in [2.05, 4.69) is 22.4 Å². The van der Waals surface area contributed by atoms with E-state index in [1.165, 1.54) is 29.7 Å². The van der Waals surface area contributed by atoms with Crippen molar-refractivity contribution in [2.24, 2.45) is 0 Å². The first kappa shape index (κ1) is 32.5. The van der Waals surface area contributed by atoms with Gasteiger partial charge in [-0.15, -0.1) is 10.2 Å². The SMILES string of the molecule is CCCCCc1ccc(C(=O)N(CCC(=O)Nc2nnc(-c3cccc(OC)c3)s2)CCc2ccc(OC)c(OC)c2)cc1. The lowest BCUT2D eigenvalue weighted by molar-refractivity contribution is -0.116. The predicted molar refractivity (Wildman–Crippen MR) is 174 cm³/mol. The number of benzene rings is 3. The first-order valence-electron chi connectivity index (χ1n) is 14.8. The molecule has 44 heavy (non-hydrogen) atoms. The smallest absolute Gasteiger partial charge is 0.253 e. The summed E-state index contributed by atoms with van der Waals surface area (Å²) in [6.45, 7) is 2.86. The number of carbonyl (C=O) groups excluding carboxylic acids is 2. The van der Waals surface area contributed by atoms with Crippen molar-refractivity contribution in [3.05, 3.63) is 83.4 Å². The van der Waals surface area contributed by atoms with Crippen LogP contribution in [0, 0.1) is 0 Å². The van der Waals surface area contributed by atoms with Crippen LogP contribution in [0.2, 0.25) is 0 Å². The number of anilines is 1. The zero-order valence-electron chi connectivity index (χ0n) is 25.8. The molecule has 0 atom stereocenters. The molecule has 0 saturated carbocycles. The second-order valence-corrected chi connectivity index (χ2v) is 11.3. The van der Waals surface area contributed by atoms with Crippen LogP contribution in [-0.2, 0) is 17.6 Å². The van der Waals surface area contributed by atoms with Crippen LogP contribution in [0.4, 0.5) is 5.13 Å². The minimum Gasteiger partial charge on any atom is -0.497 e. The number of hydrogen-bond donors (Lipinski definition) is 1. The molecule has 4 rings (SSSR count). The molecule has 1 N–H and O–H groups in total. The first-order valence-corrected chi connectivity index (χ1v) is 15.6. The van der Waals surface area contributed by atoms with Crippen molar-refractivity contribution in [3.8, 4) is 27.8 Å². The summed E-state index contributed by atoms with van der Waals surface area (Å²) in [4.78, 5) is 28.3. The zero-order valence-corrected chi connectivity index (χ0v) is 26.6. The number of nitrogens with zero attached hydrogens (tertiary/aromatic N) is 3. The van der Waals surface area contributed by atoms with Gasteiger partial charge >= 0.3 is 0 Å². The van der Waals surface area contributed by atoms with E-state index in [1.807, 2.05) is 66.7 Å². The molecule has 3 aromatic carbocycles. The van der Waals surface area contributed by atoms with Gasteiger partial charge in [-0.1, -0.05) is 61.4 Å². The molecule has 0 radical (unpaired) electrons. The zero-order chi connectivity index (χ0) is 31.3. The van der Waals surface area contributed by atoms with Crippen LogP contribution in [0.25, 0.3) is 10.6 Å². The average Bonchev–Trinajstić information content (AvgIpc) is 3.53. The van der Waals surface area contributed by atoms with Crippen LogP contribution in [0.1, 0.15) is 54.1 Å². The van der Waals surface area contributed by atoms with Crippen molar-refractivity contribution in [1.82, 2.24) is 15.1 Å². The maximum absolute atomic E-state index is 13.7. The fourth-order valence-electron chi connectivity index (χ4n) is 4.76. The second kappa shape index (κ2) is 16.4. The average molecular weight is 617 g/mol. The number of hydrogen-bond acceptors (Lipinski definition) is 8. The highest BCUT2D eigenvalue weighted by Gasteiger charge is 2.19. The molecule has 0 bridgehead atoms. The van der Waals surface area contributed by atoms with E-state index < -0.39 is 0 Å². The van der Waals surface area contributed by atoms with E-state index in [-0.39, 0.29) is 24.8 Å². The molecule has 0 saturated heterocycles. The van der Waals surface area contributed by atoms with Crippen molar-refractivity contribution < 1.29 is 23.8 Å². The highest BCUT2D eigenvalue weighted by molar-refractivity contribution is 7.18. The number of aromatic nitrogens is 2. The standard InChI is InChI=1S/C34H40N4O5S/c1-5-6-7-9-24-12-15-26(16-13-24)33(40)38(20-18-25-14-17-29(42-3)30(22-25)43-4)21-19-31(39)35-34-37-36-32(44-34)27-10-8-11-28(23-27)41-2/h8,10-17,22-23H,5-7,9,18-21H2,1-4H3,(H,35,37,39). The Kier molecular flexibility index (Phi) is 12.1. The summed E-state index contributed by atoms with van der Waals surface area (Å²) in [7, 11) is 4.80. The van der Waals surface area contributed by atoms with Crippen LogP contribution < -0.4 is 19.5 Å². The number of ether oxygens (including phenoxy) is 3.